The lowest BCUT2D eigenvalue weighted by Crippen LogP contribution is -1.95. The molecule has 0 heterocycles. The zero-order valence-corrected chi connectivity index (χ0v) is 9.84. The van der Waals surface area contributed by atoms with Gasteiger partial charge < -0.3 is 9.47 Å². The summed E-state index contributed by atoms with van der Waals surface area (Å²) in [4.78, 5) is 9.93. The molecule has 0 aromatic heterocycles. The minimum absolute atomic E-state index is 0.239. The van der Waals surface area contributed by atoms with Crippen molar-refractivity contribution < 1.29 is 14.3 Å². The van der Waals surface area contributed by atoms with Crippen LogP contribution in [0.2, 0.25) is 0 Å². The van der Waals surface area contributed by atoms with Gasteiger partial charge in [0.1, 0.15) is 19.0 Å². The summed E-state index contributed by atoms with van der Waals surface area (Å²) >= 11 is 0. The molecule has 0 bridgehead atoms. The van der Waals surface area contributed by atoms with E-state index in [0.29, 0.717) is 6.61 Å². The van der Waals surface area contributed by atoms with E-state index < -0.39 is 0 Å². The van der Waals surface area contributed by atoms with Crippen molar-refractivity contribution in [3.05, 3.63) is 65.7 Å². The fourth-order valence-corrected chi connectivity index (χ4v) is 1.54. The van der Waals surface area contributed by atoms with Crippen LogP contribution in [0.15, 0.2) is 54.6 Å². The molecule has 3 heteroatoms. The Balaban J connectivity index is 1.88. The van der Waals surface area contributed by atoms with Crippen LogP contribution in [0, 0.1) is 0 Å². The third-order valence-electron chi connectivity index (χ3n) is 2.47. The van der Waals surface area contributed by atoms with Gasteiger partial charge in [-0.1, -0.05) is 42.5 Å². The van der Waals surface area contributed by atoms with Crippen LogP contribution in [0.5, 0.6) is 5.75 Å². The summed E-state index contributed by atoms with van der Waals surface area (Å²) in [6.45, 7) is 2.18. The quantitative estimate of drug-likeness (QED) is 0.780. The smallest absolute Gasteiger partial charge is 0.417 e. The largest absolute Gasteiger partial charge is 0.489 e. The summed E-state index contributed by atoms with van der Waals surface area (Å²) in [5.74, 6) is 0.790. The molecule has 18 heavy (non-hydrogen) atoms. The minimum Gasteiger partial charge on any atom is -0.489 e. The van der Waals surface area contributed by atoms with Gasteiger partial charge >= 0.3 is 6.47 Å². The number of benzene rings is 2. The minimum atomic E-state index is 0.239. The molecule has 3 nitrogen and oxygen atoms in total. The second kappa shape index (κ2) is 6.45. The Labute approximate surface area is 106 Å². The topological polar surface area (TPSA) is 35.5 Å². The Hall–Kier alpha value is -2.29. The van der Waals surface area contributed by atoms with Crippen LogP contribution in [0.1, 0.15) is 11.1 Å². The van der Waals surface area contributed by atoms with E-state index in [0.717, 1.165) is 16.9 Å². The van der Waals surface area contributed by atoms with Crippen LogP contribution in [0.4, 0.5) is 0 Å². The molecule has 0 saturated heterocycles. The summed E-state index contributed by atoms with van der Waals surface area (Å²) in [7, 11) is 0. The summed E-state index contributed by atoms with van der Waals surface area (Å²) in [5, 5.41) is 0. The van der Waals surface area contributed by atoms with Gasteiger partial charge in [-0.3, -0.25) is 0 Å². The van der Waals surface area contributed by atoms with Crippen molar-refractivity contribution in [3.8, 4) is 5.75 Å². The summed E-state index contributed by atoms with van der Waals surface area (Å²) in [5.41, 5.74) is 2.03. The fraction of sp³-hybridized carbons (Fsp3) is 0.133. The molecule has 2 aromatic rings. The van der Waals surface area contributed by atoms with E-state index in [-0.39, 0.29) is 6.61 Å². The van der Waals surface area contributed by atoms with Crippen LogP contribution in [-0.2, 0) is 22.7 Å². The van der Waals surface area contributed by atoms with Gasteiger partial charge in [-0.25, -0.2) is 4.79 Å². The monoisotopic (exact) mass is 241 g/mol. The summed E-state index contributed by atoms with van der Waals surface area (Å²) < 4.78 is 10.2. The molecule has 0 aliphatic rings. The highest BCUT2D eigenvalue weighted by Gasteiger charge is 1.97. The average Bonchev–Trinajstić information content (AvgIpc) is 2.45. The second-order valence-corrected chi connectivity index (χ2v) is 3.79. The lowest BCUT2D eigenvalue weighted by molar-refractivity contribution is 0.266. The van der Waals surface area contributed by atoms with Crippen LogP contribution >= 0.6 is 0 Å². The first-order valence-corrected chi connectivity index (χ1v) is 5.63. The number of hydrogen-bond donors (Lipinski definition) is 0. The molecule has 0 unspecified atom stereocenters. The van der Waals surface area contributed by atoms with Gasteiger partial charge in [0.05, 0.1) is 0 Å². The maximum Gasteiger partial charge on any atom is 0.417 e. The summed E-state index contributed by atoms with van der Waals surface area (Å²) in [6, 6.07) is 17.4. The zero-order chi connectivity index (χ0) is 12.6. The van der Waals surface area contributed by atoms with E-state index in [1.165, 1.54) is 6.47 Å². The first kappa shape index (κ1) is 12.2. The Morgan fingerprint density at radius 2 is 1.50 bits per heavy atom. The molecular formula is C15H13O3. The summed E-state index contributed by atoms with van der Waals surface area (Å²) in [6.07, 6.45) is 0. The standard InChI is InChI=1S/C15H13O3/c16-12-17-10-14-6-8-15(9-7-14)18-11-13-4-2-1-3-5-13/h1-9H,10-11H2. The van der Waals surface area contributed by atoms with Crippen molar-refractivity contribution >= 4 is 6.47 Å². The van der Waals surface area contributed by atoms with Crippen molar-refractivity contribution in [2.75, 3.05) is 0 Å². The Morgan fingerprint density at radius 3 is 2.17 bits per heavy atom. The van der Waals surface area contributed by atoms with E-state index in [1.807, 2.05) is 54.6 Å². The predicted octanol–water partition coefficient (Wildman–Crippen LogP) is 2.85. The highest BCUT2D eigenvalue weighted by Crippen LogP contribution is 2.14. The van der Waals surface area contributed by atoms with Crippen molar-refractivity contribution in [3.63, 3.8) is 0 Å². The molecule has 2 rings (SSSR count). The fourth-order valence-electron chi connectivity index (χ4n) is 1.54. The molecule has 0 amide bonds. The van der Waals surface area contributed by atoms with Crippen LogP contribution < -0.4 is 4.74 Å². The van der Waals surface area contributed by atoms with Crippen molar-refractivity contribution in [2.24, 2.45) is 0 Å². The number of rotatable bonds is 6. The van der Waals surface area contributed by atoms with Gasteiger partial charge in [-0.15, -0.1) is 0 Å². The number of carbonyl (C=O) groups excluding carboxylic acids is 1. The van der Waals surface area contributed by atoms with Crippen molar-refractivity contribution in [1.82, 2.24) is 0 Å². The molecule has 1 radical (unpaired) electrons. The van der Waals surface area contributed by atoms with Gasteiger partial charge in [0.15, 0.2) is 0 Å². The van der Waals surface area contributed by atoms with Crippen molar-refractivity contribution in [1.29, 1.82) is 0 Å². The molecule has 0 saturated carbocycles. The Morgan fingerprint density at radius 1 is 0.833 bits per heavy atom. The molecule has 0 aliphatic carbocycles. The zero-order valence-electron chi connectivity index (χ0n) is 9.84. The first-order chi connectivity index (χ1) is 8.88. The van der Waals surface area contributed by atoms with E-state index >= 15 is 0 Å². The maximum atomic E-state index is 9.93. The predicted molar refractivity (Wildman–Crippen MR) is 67.7 cm³/mol. The maximum absolute atomic E-state index is 9.93. The highest BCUT2D eigenvalue weighted by molar-refractivity contribution is 5.38. The molecule has 0 spiro atoms. The first-order valence-electron chi connectivity index (χ1n) is 5.63. The molecule has 2 aromatic carbocycles. The van der Waals surface area contributed by atoms with Crippen molar-refractivity contribution in [2.45, 2.75) is 13.2 Å². The Kier molecular flexibility index (Phi) is 4.36. The van der Waals surface area contributed by atoms with Crippen LogP contribution in [0.25, 0.3) is 0 Å². The van der Waals surface area contributed by atoms with Gasteiger partial charge in [0.25, 0.3) is 0 Å². The van der Waals surface area contributed by atoms with E-state index in [4.69, 9.17) is 4.74 Å². The van der Waals surface area contributed by atoms with E-state index in [2.05, 4.69) is 4.74 Å². The Bertz CT molecular complexity index is 477. The van der Waals surface area contributed by atoms with Gasteiger partial charge in [0, 0.05) is 0 Å². The molecule has 0 aliphatic heterocycles. The third-order valence-corrected chi connectivity index (χ3v) is 2.47. The van der Waals surface area contributed by atoms with Crippen LogP contribution in [0.3, 0.4) is 0 Å². The normalized spacial score (nSPS) is 9.78. The van der Waals surface area contributed by atoms with E-state index in [1.54, 1.807) is 0 Å². The highest BCUT2D eigenvalue weighted by atomic mass is 16.5. The second-order valence-electron chi connectivity index (χ2n) is 3.79. The van der Waals surface area contributed by atoms with Gasteiger partial charge in [0.2, 0.25) is 0 Å². The third kappa shape index (κ3) is 3.63. The molecule has 0 N–H and O–H groups in total. The molecular weight excluding hydrogens is 228 g/mol. The SMILES string of the molecule is O=[C]OCc1ccc(OCc2ccccc2)cc1. The molecule has 91 valence electrons. The number of hydrogen-bond acceptors (Lipinski definition) is 3. The lowest BCUT2D eigenvalue weighted by Gasteiger charge is -2.06. The lowest BCUT2D eigenvalue weighted by atomic mass is 10.2. The average molecular weight is 241 g/mol. The molecule has 0 atom stereocenters. The van der Waals surface area contributed by atoms with E-state index in [9.17, 15) is 4.79 Å². The van der Waals surface area contributed by atoms with Gasteiger partial charge in [-0.2, -0.15) is 0 Å². The molecule has 0 fully saturated rings. The van der Waals surface area contributed by atoms with Crippen LogP contribution in [-0.4, -0.2) is 6.47 Å². The van der Waals surface area contributed by atoms with Gasteiger partial charge in [-0.05, 0) is 23.3 Å². The number of ether oxygens (including phenoxy) is 2.